The van der Waals surface area contributed by atoms with Crippen LogP contribution in [-0.2, 0) is 4.79 Å². The monoisotopic (exact) mass is 339 g/mol. The number of hydrogen-bond acceptors (Lipinski definition) is 2. The largest absolute Gasteiger partial charge is 0.344 e. The van der Waals surface area contributed by atoms with Gasteiger partial charge in [-0.25, -0.2) is 4.79 Å². The third-order valence-electron chi connectivity index (χ3n) is 3.43. The molecule has 2 N–H and O–H groups in total. The zero-order valence-corrected chi connectivity index (χ0v) is 13.1. The molecule has 6 heteroatoms. The maximum Gasteiger partial charge on any atom is 0.315 e. The fraction of sp³-hybridized carbons (Fsp3) is 0.429. The van der Waals surface area contributed by atoms with Gasteiger partial charge in [-0.1, -0.05) is 28.1 Å². The molecule has 1 saturated heterocycles. The minimum atomic E-state index is -0.408. The number of benzene rings is 1. The number of likely N-dealkylation sites (tertiary alicyclic amines) is 1. The van der Waals surface area contributed by atoms with Crippen LogP contribution in [0.3, 0.4) is 0 Å². The average molecular weight is 340 g/mol. The number of amides is 3. The number of hydrogen-bond donors (Lipinski definition) is 2. The van der Waals surface area contributed by atoms with Crippen molar-refractivity contribution in [3.63, 3.8) is 0 Å². The van der Waals surface area contributed by atoms with Crippen molar-refractivity contribution in [2.75, 3.05) is 13.6 Å². The summed E-state index contributed by atoms with van der Waals surface area (Å²) in [4.78, 5) is 25.3. The maximum atomic E-state index is 11.9. The second-order valence-electron chi connectivity index (χ2n) is 5.00. The molecule has 108 valence electrons. The van der Waals surface area contributed by atoms with Gasteiger partial charge in [-0.05, 0) is 31.0 Å². The Kier molecular flexibility index (Phi) is 4.65. The molecule has 0 saturated carbocycles. The highest BCUT2D eigenvalue weighted by Crippen LogP contribution is 2.17. The van der Waals surface area contributed by atoms with Gasteiger partial charge in [0.1, 0.15) is 6.04 Å². The molecule has 2 rings (SSSR count). The number of nitrogens with zero attached hydrogens (tertiary/aromatic N) is 1. The van der Waals surface area contributed by atoms with Crippen molar-refractivity contribution < 1.29 is 9.59 Å². The summed E-state index contributed by atoms with van der Waals surface area (Å²) in [6.07, 6.45) is 0.661. The first-order valence-corrected chi connectivity index (χ1v) is 7.34. The van der Waals surface area contributed by atoms with Gasteiger partial charge in [0, 0.05) is 18.1 Å². The molecule has 1 aromatic carbocycles. The van der Waals surface area contributed by atoms with Crippen LogP contribution in [-0.4, -0.2) is 36.5 Å². The second kappa shape index (κ2) is 6.26. The third kappa shape index (κ3) is 3.50. The summed E-state index contributed by atoms with van der Waals surface area (Å²) in [7, 11) is 1.74. The summed E-state index contributed by atoms with van der Waals surface area (Å²) in [5.74, 6) is -0.0322. The van der Waals surface area contributed by atoms with Crippen LogP contribution >= 0.6 is 15.9 Å². The van der Waals surface area contributed by atoms with Crippen molar-refractivity contribution in [1.82, 2.24) is 15.5 Å². The molecule has 0 radical (unpaired) electrons. The van der Waals surface area contributed by atoms with E-state index in [0.717, 1.165) is 10.0 Å². The van der Waals surface area contributed by atoms with Gasteiger partial charge in [-0.3, -0.25) is 4.79 Å². The molecule has 0 unspecified atom stereocenters. The van der Waals surface area contributed by atoms with Crippen LogP contribution in [0.4, 0.5) is 4.79 Å². The zero-order valence-electron chi connectivity index (χ0n) is 11.5. The van der Waals surface area contributed by atoms with Crippen molar-refractivity contribution in [1.29, 1.82) is 0 Å². The Labute approximate surface area is 126 Å². The van der Waals surface area contributed by atoms with Crippen LogP contribution in [0.25, 0.3) is 0 Å². The second-order valence-corrected chi connectivity index (χ2v) is 5.91. The minimum Gasteiger partial charge on any atom is -0.344 e. The van der Waals surface area contributed by atoms with Crippen LogP contribution in [0.1, 0.15) is 24.9 Å². The SMILES string of the molecule is C[C@@H](NC(=O)N[C@@H]1CCN(C)C1=O)c1cccc(Br)c1. The van der Waals surface area contributed by atoms with Crippen molar-refractivity contribution in [3.05, 3.63) is 34.3 Å². The van der Waals surface area contributed by atoms with Crippen molar-refractivity contribution in [2.24, 2.45) is 0 Å². The lowest BCUT2D eigenvalue weighted by Crippen LogP contribution is -2.46. The fourth-order valence-corrected chi connectivity index (χ4v) is 2.63. The lowest BCUT2D eigenvalue weighted by atomic mass is 10.1. The molecular weight excluding hydrogens is 322 g/mol. The third-order valence-corrected chi connectivity index (χ3v) is 3.92. The van der Waals surface area contributed by atoms with Gasteiger partial charge < -0.3 is 15.5 Å². The fourth-order valence-electron chi connectivity index (χ4n) is 2.21. The average Bonchev–Trinajstić information content (AvgIpc) is 2.70. The van der Waals surface area contributed by atoms with E-state index in [2.05, 4.69) is 26.6 Å². The van der Waals surface area contributed by atoms with E-state index in [1.807, 2.05) is 31.2 Å². The van der Waals surface area contributed by atoms with E-state index in [-0.39, 0.29) is 18.0 Å². The van der Waals surface area contributed by atoms with Crippen molar-refractivity contribution >= 4 is 27.9 Å². The van der Waals surface area contributed by atoms with Gasteiger partial charge in [0.2, 0.25) is 5.91 Å². The maximum absolute atomic E-state index is 11.9. The molecule has 3 amide bonds. The summed E-state index contributed by atoms with van der Waals surface area (Å²) < 4.78 is 0.969. The molecule has 1 aromatic rings. The van der Waals surface area contributed by atoms with Gasteiger partial charge in [-0.15, -0.1) is 0 Å². The molecule has 20 heavy (non-hydrogen) atoms. The minimum absolute atomic E-state index is 0.0322. The molecule has 0 aromatic heterocycles. The summed E-state index contributed by atoms with van der Waals surface area (Å²) >= 11 is 3.40. The molecule has 0 spiro atoms. The highest BCUT2D eigenvalue weighted by atomic mass is 79.9. The normalized spacial score (nSPS) is 19.9. The van der Waals surface area contributed by atoms with Crippen LogP contribution in [0.15, 0.2) is 28.7 Å². The van der Waals surface area contributed by atoms with Gasteiger partial charge in [0.25, 0.3) is 0 Å². The van der Waals surface area contributed by atoms with Gasteiger partial charge in [-0.2, -0.15) is 0 Å². The zero-order chi connectivity index (χ0) is 14.7. The lowest BCUT2D eigenvalue weighted by Gasteiger charge is -2.17. The first kappa shape index (κ1) is 14.8. The highest BCUT2D eigenvalue weighted by molar-refractivity contribution is 9.10. The first-order valence-electron chi connectivity index (χ1n) is 6.55. The Hall–Kier alpha value is -1.56. The Morgan fingerprint density at radius 3 is 2.85 bits per heavy atom. The summed E-state index contributed by atoms with van der Waals surface area (Å²) in [6, 6.07) is 6.92. The van der Waals surface area contributed by atoms with E-state index in [1.165, 1.54) is 0 Å². The highest BCUT2D eigenvalue weighted by Gasteiger charge is 2.30. The quantitative estimate of drug-likeness (QED) is 0.885. The van der Waals surface area contributed by atoms with Crippen LogP contribution in [0.2, 0.25) is 0 Å². The lowest BCUT2D eigenvalue weighted by molar-refractivity contribution is -0.128. The molecule has 2 atom stereocenters. The van der Waals surface area contributed by atoms with Gasteiger partial charge in [0.15, 0.2) is 0 Å². The van der Waals surface area contributed by atoms with E-state index in [1.54, 1.807) is 11.9 Å². The van der Waals surface area contributed by atoms with E-state index in [4.69, 9.17) is 0 Å². The predicted molar refractivity (Wildman–Crippen MR) is 80.3 cm³/mol. The smallest absolute Gasteiger partial charge is 0.315 e. The van der Waals surface area contributed by atoms with Crippen molar-refractivity contribution in [2.45, 2.75) is 25.4 Å². The number of carbonyl (C=O) groups excluding carboxylic acids is 2. The van der Waals surface area contributed by atoms with E-state index >= 15 is 0 Å². The Balaban J connectivity index is 1.90. The van der Waals surface area contributed by atoms with E-state index in [9.17, 15) is 9.59 Å². The summed E-state index contributed by atoms with van der Waals surface area (Å²) in [5.41, 5.74) is 1.00. The molecule has 1 fully saturated rings. The first-order chi connectivity index (χ1) is 9.47. The molecule has 1 aliphatic rings. The van der Waals surface area contributed by atoms with Crippen LogP contribution < -0.4 is 10.6 Å². The predicted octanol–water partition coefficient (Wildman–Crippen LogP) is 2.04. The van der Waals surface area contributed by atoms with Crippen LogP contribution in [0.5, 0.6) is 0 Å². The Morgan fingerprint density at radius 1 is 1.50 bits per heavy atom. The molecule has 1 heterocycles. The number of halogens is 1. The van der Waals surface area contributed by atoms with Crippen LogP contribution in [0, 0.1) is 0 Å². The number of nitrogens with one attached hydrogen (secondary N) is 2. The number of carbonyl (C=O) groups is 2. The number of urea groups is 1. The molecule has 5 nitrogen and oxygen atoms in total. The standard InChI is InChI=1S/C14H18BrN3O2/c1-9(10-4-3-5-11(15)8-10)16-14(20)17-12-6-7-18(2)13(12)19/h3-5,8-9,12H,6-7H2,1-2H3,(H2,16,17,20)/t9-,12-/m1/s1. The molecule has 0 bridgehead atoms. The van der Waals surface area contributed by atoms with E-state index < -0.39 is 6.04 Å². The Morgan fingerprint density at radius 2 is 2.25 bits per heavy atom. The van der Waals surface area contributed by atoms with Gasteiger partial charge in [0.05, 0.1) is 6.04 Å². The molecule has 1 aliphatic heterocycles. The summed E-state index contributed by atoms with van der Waals surface area (Å²) in [5, 5.41) is 5.57. The van der Waals surface area contributed by atoms with Gasteiger partial charge >= 0.3 is 6.03 Å². The molecule has 0 aliphatic carbocycles. The summed E-state index contributed by atoms with van der Waals surface area (Å²) in [6.45, 7) is 2.59. The van der Waals surface area contributed by atoms with Crippen molar-refractivity contribution in [3.8, 4) is 0 Å². The number of rotatable bonds is 3. The number of likely N-dealkylation sites (N-methyl/N-ethyl adjacent to an activating group) is 1. The topological polar surface area (TPSA) is 61.4 Å². The molecular formula is C14H18BrN3O2. The Bertz CT molecular complexity index is 521. The van der Waals surface area contributed by atoms with E-state index in [0.29, 0.717) is 13.0 Å².